The second-order valence-corrected chi connectivity index (χ2v) is 4.18. The number of para-hydroxylation sites is 1. The fourth-order valence-electron chi connectivity index (χ4n) is 1.81. The number of aryl methyl sites for hydroxylation is 1. The van der Waals surface area contributed by atoms with E-state index >= 15 is 0 Å². The molecular weight excluding hydrogens is 236 g/mol. The van der Waals surface area contributed by atoms with Gasteiger partial charge in [-0.2, -0.15) is 0 Å². The van der Waals surface area contributed by atoms with E-state index in [0.717, 1.165) is 24.1 Å². The van der Waals surface area contributed by atoms with E-state index < -0.39 is 0 Å². The summed E-state index contributed by atoms with van der Waals surface area (Å²) in [7, 11) is 0. The van der Waals surface area contributed by atoms with Crippen molar-refractivity contribution in [2.45, 2.75) is 12.8 Å². The maximum Gasteiger partial charge on any atom is 0.257 e. The van der Waals surface area contributed by atoms with Crippen LogP contribution < -0.4 is 5.32 Å². The highest BCUT2D eigenvalue weighted by atomic mass is 16.1. The molecule has 19 heavy (non-hydrogen) atoms. The molecule has 1 heterocycles. The molecule has 1 aromatic heterocycles. The fraction of sp³-hybridized carbons (Fsp3) is 0.125. The molecule has 0 saturated heterocycles. The summed E-state index contributed by atoms with van der Waals surface area (Å²) in [4.78, 5) is 16.0. The van der Waals surface area contributed by atoms with Crippen LogP contribution in [0.2, 0.25) is 0 Å². The third kappa shape index (κ3) is 3.52. The molecular formula is C16H16N2O. The average Bonchev–Trinajstić information content (AvgIpc) is 2.47. The zero-order valence-corrected chi connectivity index (χ0v) is 10.7. The molecule has 96 valence electrons. The Hall–Kier alpha value is -2.42. The van der Waals surface area contributed by atoms with Crippen molar-refractivity contribution in [2.75, 3.05) is 5.32 Å². The van der Waals surface area contributed by atoms with Crippen molar-refractivity contribution in [1.29, 1.82) is 0 Å². The lowest BCUT2D eigenvalue weighted by atomic mass is 10.1. The van der Waals surface area contributed by atoms with E-state index in [1.807, 2.05) is 30.3 Å². The molecule has 0 bridgehead atoms. The van der Waals surface area contributed by atoms with Gasteiger partial charge in [-0.1, -0.05) is 24.3 Å². The summed E-state index contributed by atoms with van der Waals surface area (Å²) >= 11 is 0. The molecule has 0 radical (unpaired) electrons. The Morgan fingerprint density at radius 3 is 2.84 bits per heavy atom. The summed E-state index contributed by atoms with van der Waals surface area (Å²) in [6.07, 6.45) is 6.84. The minimum absolute atomic E-state index is 0.140. The van der Waals surface area contributed by atoms with Gasteiger partial charge in [-0.3, -0.25) is 9.78 Å². The highest BCUT2D eigenvalue weighted by Crippen LogP contribution is 2.17. The Labute approximate surface area is 113 Å². The zero-order valence-electron chi connectivity index (χ0n) is 10.7. The number of aromatic nitrogens is 1. The van der Waals surface area contributed by atoms with Crippen LogP contribution in [-0.2, 0) is 6.42 Å². The molecule has 3 heteroatoms. The molecule has 0 unspecified atom stereocenters. The van der Waals surface area contributed by atoms with Gasteiger partial charge >= 0.3 is 0 Å². The second kappa shape index (κ2) is 6.50. The Balaban J connectivity index is 2.14. The van der Waals surface area contributed by atoms with Crippen molar-refractivity contribution >= 4 is 11.6 Å². The summed E-state index contributed by atoms with van der Waals surface area (Å²) in [6, 6.07) is 11.3. The molecule has 0 saturated carbocycles. The van der Waals surface area contributed by atoms with E-state index in [1.165, 1.54) is 0 Å². The quantitative estimate of drug-likeness (QED) is 0.828. The number of pyridine rings is 1. The van der Waals surface area contributed by atoms with Gasteiger partial charge in [0.05, 0.1) is 5.56 Å². The maximum atomic E-state index is 12.1. The van der Waals surface area contributed by atoms with Crippen molar-refractivity contribution in [2.24, 2.45) is 0 Å². The van der Waals surface area contributed by atoms with E-state index in [-0.39, 0.29) is 5.91 Å². The lowest BCUT2D eigenvalue weighted by Gasteiger charge is -2.10. The molecule has 3 nitrogen and oxygen atoms in total. The molecule has 0 aliphatic rings. The summed E-state index contributed by atoms with van der Waals surface area (Å²) in [6.45, 7) is 3.72. The van der Waals surface area contributed by atoms with Gasteiger partial charge in [0, 0.05) is 18.1 Å². The predicted molar refractivity (Wildman–Crippen MR) is 77.2 cm³/mol. The smallest absolute Gasteiger partial charge is 0.257 e. The van der Waals surface area contributed by atoms with Crippen LogP contribution >= 0.6 is 0 Å². The molecule has 0 aliphatic carbocycles. The monoisotopic (exact) mass is 252 g/mol. The van der Waals surface area contributed by atoms with Gasteiger partial charge in [0.25, 0.3) is 5.91 Å². The molecule has 0 fully saturated rings. The number of carbonyl (C=O) groups excluding carboxylic acids is 1. The Kier molecular flexibility index (Phi) is 4.45. The molecule has 2 rings (SSSR count). The normalized spacial score (nSPS) is 9.89. The number of benzene rings is 1. The van der Waals surface area contributed by atoms with Crippen molar-refractivity contribution < 1.29 is 4.79 Å². The van der Waals surface area contributed by atoms with Crippen LogP contribution in [0, 0.1) is 0 Å². The zero-order chi connectivity index (χ0) is 13.5. The SMILES string of the molecule is C=CCCc1ccccc1NC(=O)c1cccnc1. The summed E-state index contributed by atoms with van der Waals surface area (Å²) < 4.78 is 0. The largest absolute Gasteiger partial charge is 0.322 e. The molecule has 0 aliphatic heterocycles. The van der Waals surface area contributed by atoms with Crippen LogP contribution in [0.25, 0.3) is 0 Å². The van der Waals surface area contributed by atoms with Crippen LogP contribution in [-0.4, -0.2) is 10.9 Å². The standard InChI is InChI=1S/C16H16N2O/c1-2-3-7-13-8-4-5-10-15(13)18-16(19)14-9-6-11-17-12-14/h2,4-6,8-12H,1,3,7H2,(H,18,19). The van der Waals surface area contributed by atoms with Gasteiger partial charge in [-0.25, -0.2) is 0 Å². The lowest BCUT2D eigenvalue weighted by molar-refractivity contribution is 0.102. The van der Waals surface area contributed by atoms with Crippen LogP contribution in [0.3, 0.4) is 0 Å². The predicted octanol–water partition coefficient (Wildman–Crippen LogP) is 3.45. The molecule has 2 aromatic rings. The number of carbonyl (C=O) groups is 1. The number of rotatable bonds is 5. The first kappa shape index (κ1) is 13.0. The van der Waals surface area contributed by atoms with Gasteiger partial charge in [0.15, 0.2) is 0 Å². The molecule has 1 N–H and O–H groups in total. The van der Waals surface area contributed by atoms with Gasteiger partial charge in [0.1, 0.15) is 0 Å². The number of amides is 1. The summed E-state index contributed by atoms with van der Waals surface area (Å²) in [5.74, 6) is -0.140. The van der Waals surface area contributed by atoms with Gasteiger partial charge in [0.2, 0.25) is 0 Å². The number of nitrogens with zero attached hydrogens (tertiary/aromatic N) is 1. The van der Waals surface area contributed by atoms with Crippen LogP contribution in [0.5, 0.6) is 0 Å². The van der Waals surface area contributed by atoms with Crippen LogP contribution in [0.1, 0.15) is 22.3 Å². The molecule has 1 aromatic carbocycles. The molecule has 0 atom stereocenters. The van der Waals surface area contributed by atoms with Crippen molar-refractivity contribution in [3.05, 3.63) is 72.6 Å². The third-order valence-electron chi connectivity index (χ3n) is 2.81. The summed E-state index contributed by atoms with van der Waals surface area (Å²) in [5.41, 5.74) is 2.51. The summed E-state index contributed by atoms with van der Waals surface area (Å²) in [5, 5.41) is 2.92. The minimum Gasteiger partial charge on any atom is -0.322 e. The molecule has 0 spiro atoms. The molecule has 1 amide bonds. The fourth-order valence-corrected chi connectivity index (χ4v) is 1.81. The van der Waals surface area contributed by atoms with Crippen molar-refractivity contribution in [3.8, 4) is 0 Å². The minimum atomic E-state index is -0.140. The number of allylic oxidation sites excluding steroid dienone is 1. The van der Waals surface area contributed by atoms with E-state index in [0.29, 0.717) is 5.56 Å². The first-order valence-electron chi connectivity index (χ1n) is 6.21. The van der Waals surface area contributed by atoms with E-state index in [1.54, 1.807) is 24.5 Å². The first-order valence-corrected chi connectivity index (χ1v) is 6.21. The van der Waals surface area contributed by atoms with Crippen LogP contribution in [0.15, 0.2) is 61.4 Å². The second-order valence-electron chi connectivity index (χ2n) is 4.18. The van der Waals surface area contributed by atoms with E-state index in [4.69, 9.17) is 0 Å². The van der Waals surface area contributed by atoms with Gasteiger partial charge in [-0.15, -0.1) is 6.58 Å². The first-order chi connectivity index (χ1) is 9.31. The average molecular weight is 252 g/mol. The third-order valence-corrected chi connectivity index (χ3v) is 2.81. The number of hydrogen-bond donors (Lipinski definition) is 1. The highest BCUT2D eigenvalue weighted by molar-refractivity contribution is 6.04. The Bertz CT molecular complexity index is 564. The number of anilines is 1. The number of nitrogens with one attached hydrogen (secondary N) is 1. The van der Waals surface area contributed by atoms with Crippen molar-refractivity contribution in [1.82, 2.24) is 4.98 Å². The van der Waals surface area contributed by atoms with Gasteiger partial charge in [-0.05, 0) is 36.6 Å². The van der Waals surface area contributed by atoms with Gasteiger partial charge < -0.3 is 5.32 Å². The Morgan fingerprint density at radius 1 is 1.26 bits per heavy atom. The highest BCUT2D eigenvalue weighted by Gasteiger charge is 2.08. The number of hydrogen-bond acceptors (Lipinski definition) is 2. The maximum absolute atomic E-state index is 12.1. The van der Waals surface area contributed by atoms with E-state index in [9.17, 15) is 4.79 Å². The lowest BCUT2D eigenvalue weighted by Crippen LogP contribution is -2.13. The van der Waals surface area contributed by atoms with E-state index in [2.05, 4.69) is 16.9 Å². The topological polar surface area (TPSA) is 42.0 Å². The van der Waals surface area contributed by atoms with Crippen LogP contribution in [0.4, 0.5) is 5.69 Å². The van der Waals surface area contributed by atoms with Crippen molar-refractivity contribution in [3.63, 3.8) is 0 Å². The Morgan fingerprint density at radius 2 is 2.11 bits per heavy atom.